The molecule has 0 saturated carbocycles. The highest BCUT2D eigenvalue weighted by Gasteiger charge is 2.17. The molecule has 0 fully saturated rings. The maximum absolute atomic E-state index is 11.6. The third-order valence-electron chi connectivity index (χ3n) is 4.18. The number of nitrogens with one attached hydrogen (secondary N) is 1. The molecule has 0 bridgehead atoms. The lowest BCUT2D eigenvalue weighted by Crippen LogP contribution is -2.42. The Bertz CT molecular complexity index is 564. The third kappa shape index (κ3) is 5.69. The van der Waals surface area contributed by atoms with E-state index in [1.165, 1.54) is 11.1 Å². The summed E-state index contributed by atoms with van der Waals surface area (Å²) in [5, 5.41) is 3.34. The summed E-state index contributed by atoms with van der Waals surface area (Å²) in [5.41, 5.74) is 8.10. The highest BCUT2D eigenvalue weighted by Crippen LogP contribution is 2.27. The van der Waals surface area contributed by atoms with Crippen LogP contribution in [0.15, 0.2) is 60.7 Å². The molecular formula is C20H26N2OS. The molecule has 3 N–H and O–H groups in total. The summed E-state index contributed by atoms with van der Waals surface area (Å²) in [7, 11) is 0. The minimum atomic E-state index is -0.264. The molecule has 0 heterocycles. The number of carbonyl (C=O) groups excluding carboxylic acids is 1. The van der Waals surface area contributed by atoms with Gasteiger partial charge >= 0.3 is 0 Å². The van der Waals surface area contributed by atoms with Gasteiger partial charge in [0.25, 0.3) is 0 Å². The van der Waals surface area contributed by atoms with Crippen LogP contribution in [0.3, 0.4) is 0 Å². The zero-order valence-corrected chi connectivity index (χ0v) is 15.0. The highest BCUT2D eigenvalue weighted by molar-refractivity contribution is 7.98. The normalized spacial score (nSPS) is 12.2. The Morgan fingerprint density at radius 2 is 1.54 bits per heavy atom. The van der Waals surface area contributed by atoms with E-state index in [1.807, 2.05) is 18.4 Å². The van der Waals surface area contributed by atoms with Gasteiger partial charge in [-0.3, -0.25) is 4.79 Å². The largest absolute Gasteiger partial charge is 0.368 e. The molecule has 3 nitrogen and oxygen atoms in total. The first-order valence-electron chi connectivity index (χ1n) is 8.34. The lowest BCUT2D eigenvalue weighted by molar-refractivity contribution is -0.120. The van der Waals surface area contributed by atoms with Crippen molar-refractivity contribution in [2.45, 2.75) is 24.8 Å². The molecule has 128 valence electrons. The number of primary amides is 1. The van der Waals surface area contributed by atoms with E-state index in [2.05, 4.69) is 53.8 Å². The average molecular weight is 343 g/mol. The first-order chi connectivity index (χ1) is 11.7. The van der Waals surface area contributed by atoms with Gasteiger partial charge in [0.15, 0.2) is 0 Å². The number of benzene rings is 2. The van der Waals surface area contributed by atoms with E-state index in [1.54, 1.807) is 11.8 Å². The monoisotopic (exact) mass is 342 g/mol. The number of hydrogen-bond donors (Lipinski definition) is 2. The molecule has 0 radical (unpaired) electrons. The van der Waals surface area contributed by atoms with Crippen LogP contribution in [0.1, 0.15) is 29.9 Å². The van der Waals surface area contributed by atoms with E-state index in [9.17, 15) is 4.79 Å². The van der Waals surface area contributed by atoms with Crippen LogP contribution in [0.25, 0.3) is 0 Å². The molecule has 0 aromatic heterocycles. The van der Waals surface area contributed by atoms with Crippen molar-refractivity contribution in [1.82, 2.24) is 5.32 Å². The summed E-state index contributed by atoms with van der Waals surface area (Å²) >= 11 is 1.73. The summed E-state index contributed by atoms with van der Waals surface area (Å²) in [5.74, 6) is 0.982. The second-order valence-corrected chi connectivity index (χ2v) is 6.84. The number of hydrogen-bond acceptors (Lipinski definition) is 3. The topological polar surface area (TPSA) is 55.1 Å². The van der Waals surface area contributed by atoms with E-state index >= 15 is 0 Å². The Morgan fingerprint density at radius 1 is 1.00 bits per heavy atom. The Hall–Kier alpha value is -1.78. The lowest BCUT2D eigenvalue weighted by atomic mass is 9.88. The molecule has 2 rings (SSSR count). The second kappa shape index (κ2) is 10.2. The zero-order valence-electron chi connectivity index (χ0n) is 14.2. The summed E-state index contributed by atoms with van der Waals surface area (Å²) in [6.45, 7) is 0.760. The van der Waals surface area contributed by atoms with Crippen LogP contribution < -0.4 is 11.1 Å². The first-order valence-corrected chi connectivity index (χ1v) is 9.73. The van der Waals surface area contributed by atoms with E-state index in [4.69, 9.17) is 5.73 Å². The number of amides is 1. The molecular weight excluding hydrogens is 316 g/mol. The van der Waals surface area contributed by atoms with Gasteiger partial charge in [0.05, 0.1) is 6.04 Å². The van der Waals surface area contributed by atoms with Crippen molar-refractivity contribution < 1.29 is 4.79 Å². The smallest absolute Gasteiger partial charge is 0.234 e. The predicted octanol–water partition coefficient (Wildman–Crippen LogP) is 3.41. The van der Waals surface area contributed by atoms with E-state index in [0.29, 0.717) is 5.92 Å². The average Bonchev–Trinajstić information content (AvgIpc) is 2.62. The number of carbonyl (C=O) groups is 1. The van der Waals surface area contributed by atoms with Crippen molar-refractivity contribution in [3.8, 4) is 0 Å². The standard InChI is InChI=1S/C20H26N2OS/c1-24-15-13-19(20(21)23)22-14-12-18(16-8-4-2-5-9-16)17-10-6-3-7-11-17/h2-11,18-19,22H,12-15H2,1H3,(H2,21,23)/t19-/m0/s1. The molecule has 0 spiro atoms. The first kappa shape index (κ1) is 18.6. The van der Waals surface area contributed by atoms with Crippen molar-refractivity contribution in [1.29, 1.82) is 0 Å². The van der Waals surface area contributed by atoms with Crippen molar-refractivity contribution in [2.75, 3.05) is 18.6 Å². The number of rotatable bonds is 10. The van der Waals surface area contributed by atoms with Gasteiger partial charge in [-0.25, -0.2) is 0 Å². The predicted molar refractivity (Wildman–Crippen MR) is 103 cm³/mol. The summed E-state index contributed by atoms with van der Waals surface area (Å²) in [6.07, 6.45) is 3.74. The molecule has 0 aliphatic heterocycles. The molecule has 0 saturated heterocycles. The molecule has 4 heteroatoms. The van der Waals surface area contributed by atoms with Crippen LogP contribution in [0.4, 0.5) is 0 Å². The van der Waals surface area contributed by atoms with Crippen molar-refractivity contribution in [2.24, 2.45) is 5.73 Å². The molecule has 2 aromatic rings. The van der Waals surface area contributed by atoms with Crippen LogP contribution in [0, 0.1) is 0 Å². The van der Waals surface area contributed by atoms with Gasteiger partial charge in [0.1, 0.15) is 0 Å². The van der Waals surface area contributed by atoms with Gasteiger partial charge in [-0.05, 0) is 42.5 Å². The van der Waals surface area contributed by atoms with Gasteiger partial charge in [-0.2, -0.15) is 11.8 Å². The minimum Gasteiger partial charge on any atom is -0.368 e. The van der Waals surface area contributed by atoms with Gasteiger partial charge in [0.2, 0.25) is 5.91 Å². The van der Waals surface area contributed by atoms with Gasteiger partial charge < -0.3 is 11.1 Å². The fourth-order valence-corrected chi connectivity index (χ4v) is 3.35. The van der Waals surface area contributed by atoms with Crippen molar-refractivity contribution in [3.05, 3.63) is 71.8 Å². The summed E-state index contributed by atoms with van der Waals surface area (Å²) in [4.78, 5) is 11.6. The van der Waals surface area contributed by atoms with Crippen molar-refractivity contribution in [3.63, 3.8) is 0 Å². The van der Waals surface area contributed by atoms with E-state index in [-0.39, 0.29) is 11.9 Å². The number of nitrogens with two attached hydrogens (primary N) is 1. The molecule has 0 aliphatic rings. The van der Waals surface area contributed by atoms with Crippen LogP contribution >= 0.6 is 11.8 Å². The fourth-order valence-electron chi connectivity index (χ4n) is 2.88. The zero-order chi connectivity index (χ0) is 17.2. The van der Waals surface area contributed by atoms with Crippen LogP contribution in [-0.4, -0.2) is 30.5 Å². The molecule has 1 amide bonds. The quantitative estimate of drug-likeness (QED) is 0.696. The summed E-state index contributed by atoms with van der Waals surface area (Å²) < 4.78 is 0. The van der Waals surface area contributed by atoms with Crippen molar-refractivity contribution >= 4 is 17.7 Å². The van der Waals surface area contributed by atoms with Crippen LogP contribution in [-0.2, 0) is 4.79 Å². The Labute approximate surface area is 149 Å². The molecule has 0 unspecified atom stereocenters. The maximum atomic E-state index is 11.6. The number of thioether (sulfide) groups is 1. The lowest BCUT2D eigenvalue weighted by Gasteiger charge is -2.20. The third-order valence-corrected chi connectivity index (χ3v) is 4.83. The van der Waals surface area contributed by atoms with Crippen LogP contribution in [0.5, 0.6) is 0 Å². The summed E-state index contributed by atoms with van der Waals surface area (Å²) in [6, 6.07) is 20.8. The minimum absolute atomic E-state index is 0.246. The van der Waals surface area contributed by atoms with E-state index < -0.39 is 0 Å². The Balaban J connectivity index is 2.03. The Kier molecular flexibility index (Phi) is 7.86. The molecule has 1 atom stereocenters. The fraction of sp³-hybridized carbons (Fsp3) is 0.350. The SMILES string of the molecule is CSCC[C@H](NCCC(c1ccccc1)c1ccccc1)C(N)=O. The van der Waals surface area contributed by atoms with Crippen LogP contribution in [0.2, 0.25) is 0 Å². The van der Waals surface area contributed by atoms with Gasteiger partial charge in [0, 0.05) is 5.92 Å². The molecule has 24 heavy (non-hydrogen) atoms. The molecule has 2 aromatic carbocycles. The van der Waals surface area contributed by atoms with Gasteiger partial charge in [-0.1, -0.05) is 60.7 Å². The maximum Gasteiger partial charge on any atom is 0.234 e. The highest BCUT2D eigenvalue weighted by atomic mass is 32.2. The van der Waals surface area contributed by atoms with E-state index in [0.717, 1.165) is 25.1 Å². The van der Waals surface area contributed by atoms with Gasteiger partial charge in [-0.15, -0.1) is 0 Å². The Morgan fingerprint density at radius 3 is 2.00 bits per heavy atom. The second-order valence-electron chi connectivity index (χ2n) is 5.85. The molecule has 0 aliphatic carbocycles.